The van der Waals surface area contributed by atoms with E-state index >= 15 is 0 Å². The van der Waals surface area contributed by atoms with Crippen LogP contribution in [0.15, 0.2) is 53.7 Å². The van der Waals surface area contributed by atoms with E-state index < -0.39 is 0 Å². The summed E-state index contributed by atoms with van der Waals surface area (Å²) in [6, 6.07) is 13.4. The minimum atomic E-state index is -0.328. The van der Waals surface area contributed by atoms with E-state index in [0.29, 0.717) is 27.4 Å². The summed E-state index contributed by atoms with van der Waals surface area (Å²) in [6.45, 7) is 2.06. The van der Waals surface area contributed by atoms with Gasteiger partial charge in [-0.15, -0.1) is 10.2 Å². The molecule has 2 aromatic carbocycles. The third-order valence-corrected chi connectivity index (χ3v) is 6.20. The lowest BCUT2D eigenvalue weighted by Gasteiger charge is -2.20. The second-order valence-electron chi connectivity index (χ2n) is 7.65. The molecule has 2 heterocycles. The van der Waals surface area contributed by atoms with Crippen molar-refractivity contribution in [2.24, 2.45) is 0 Å². The number of anilines is 3. The van der Waals surface area contributed by atoms with Crippen molar-refractivity contribution in [2.75, 3.05) is 25.1 Å². The Hall–Kier alpha value is -3.28. The lowest BCUT2D eigenvalue weighted by Crippen LogP contribution is -2.20. The van der Waals surface area contributed by atoms with Gasteiger partial charge >= 0.3 is 0 Å². The quantitative estimate of drug-likeness (QED) is 0.339. The largest absolute Gasteiger partial charge is 0.368 e. The van der Waals surface area contributed by atoms with Crippen LogP contribution in [0.3, 0.4) is 0 Å². The Morgan fingerprint density at radius 3 is 2.44 bits per heavy atom. The molecule has 0 aliphatic carbocycles. The van der Waals surface area contributed by atoms with Crippen LogP contribution in [0.5, 0.6) is 0 Å². The van der Waals surface area contributed by atoms with Crippen molar-refractivity contribution in [3.8, 4) is 5.69 Å². The Morgan fingerprint density at radius 1 is 1.06 bits per heavy atom. The van der Waals surface area contributed by atoms with Crippen LogP contribution >= 0.6 is 23.4 Å². The van der Waals surface area contributed by atoms with Gasteiger partial charge in [-0.1, -0.05) is 23.4 Å². The van der Waals surface area contributed by atoms with Gasteiger partial charge in [-0.05, 0) is 69.6 Å². The minimum Gasteiger partial charge on any atom is -0.368 e. The highest BCUT2D eigenvalue weighted by Gasteiger charge is 2.21. The van der Waals surface area contributed by atoms with Crippen LogP contribution < -0.4 is 11.1 Å². The van der Waals surface area contributed by atoms with Gasteiger partial charge in [0.1, 0.15) is 11.6 Å². The highest BCUT2D eigenvalue weighted by molar-refractivity contribution is 7.98. The maximum absolute atomic E-state index is 13.2. The first kappa shape index (κ1) is 23.9. The molecule has 2 aromatic heterocycles. The fourth-order valence-electron chi connectivity index (χ4n) is 3.06. The number of benzene rings is 2. The third kappa shape index (κ3) is 5.61. The van der Waals surface area contributed by atoms with E-state index in [1.54, 1.807) is 12.1 Å². The number of nitrogen functional groups attached to an aromatic ring is 1. The number of nitrogens with zero attached hydrogens (tertiary/aromatic N) is 7. The molecule has 0 saturated carbocycles. The summed E-state index contributed by atoms with van der Waals surface area (Å²) in [5.41, 5.74) is 7.43. The summed E-state index contributed by atoms with van der Waals surface area (Å²) < 4.78 is 15.2. The van der Waals surface area contributed by atoms with Crippen LogP contribution in [-0.2, 0) is 5.75 Å². The lowest BCUT2D eigenvalue weighted by atomic mass is 10.2. The molecule has 9 nitrogen and oxygen atoms in total. The molecule has 0 aliphatic heterocycles. The molecular formula is C22H23ClFN9S. The van der Waals surface area contributed by atoms with Gasteiger partial charge < -0.3 is 11.1 Å². The van der Waals surface area contributed by atoms with Crippen molar-refractivity contribution < 1.29 is 4.39 Å². The van der Waals surface area contributed by atoms with Crippen molar-refractivity contribution >= 4 is 40.9 Å². The molecule has 12 heteroatoms. The van der Waals surface area contributed by atoms with Crippen molar-refractivity contribution in [1.29, 1.82) is 0 Å². The zero-order valence-electron chi connectivity index (χ0n) is 18.8. The summed E-state index contributed by atoms with van der Waals surface area (Å²) in [6.07, 6.45) is 0. The van der Waals surface area contributed by atoms with Gasteiger partial charge in [0.15, 0.2) is 11.0 Å². The summed E-state index contributed by atoms with van der Waals surface area (Å²) in [5.74, 6) is 1.67. The summed E-state index contributed by atoms with van der Waals surface area (Å²) >= 11 is 7.52. The Labute approximate surface area is 205 Å². The number of thioether (sulfide) groups is 1. The first-order chi connectivity index (χ1) is 16.3. The van der Waals surface area contributed by atoms with Gasteiger partial charge in [-0.25, -0.2) is 4.39 Å². The van der Waals surface area contributed by atoms with Crippen LogP contribution in [0.4, 0.5) is 22.0 Å². The standard InChI is InChI=1S/C22H23ClFN9S/c1-13(32(2)3)19-30-31-22(33(19)17-10-4-14(23)5-11-17)34-12-18-27-20(25)29-21(28-18)26-16-8-6-15(24)7-9-16/h4-11,13H,12H2,1-3H3,(H3,25,26,27,28,29). The molecule has 3 N–H and O–H groups in total. The van der Waals surface area contributed by atoms with Crippen LogP contribution in [0.2, 0.25) is 5.02 Å². The normalized spacial score (nSPS) is 12.2. The average Bonchev–Trinajstić information content (AvgIpc) is 3.22. The smallest absolute Gasteiger partial charge is 0.232 e. The van der Waals surface area contributed by atoms with Gasteiger partial charge in [-0.3, -0.25) is 9.47 Å². The van der Waals surface area contributed by atoms with E-state index in [2.05, 4.69) is 42.3 Å². The molecule has 34 heavy (non-hydrogen) atoms. The molecule has 4 rings (SSSR count). The highest BCUT2D eigenvalue weighted by atomic mass is 35.5. The lowest BCUT2D eigenvalue weighted by molar-refractivity contribution is 0.305. The second kappa shape index (κ2) is 10.3. The fourth-order valence-corrected chi connectivity index (χ4v) is 4.00. The number of hydrogen-bond acceptors (Lipinski definition) is 9. The number of aromatic nitrogens is 6. The number of hydrogen-bond donors (Lipinski definition) is 2. The van der Waals surface area contributed by atoms with E-state index in [1.165, 1.54) is 23.9 Å². The van der Waals surface area contributed by atoms with Crippen LogP contribution in [0, 0.1) is 5.82 Å². The number of halogens is 2. The Balaban J connectivity index is 1.59. The van der Waals surface area contributed by atoms with E-state index in [-0.39, 0.29) is 23.8 Å². The summed E-state index contributed by atoms with van der Waals surface area (Å²) in [4.78, 5) is 14.9. The molecule has 0 bridgehead atoms. The molecule has 1 atom stereocenters. The minimum absolute atomic E-state index is 0.0249. The highest BCUT2D eigenvalue weighted by Crippen LogP contribution is 2.29. The fraction of sp³-hybridized carbons (Fsp3) is 0.227. The third-order valence-electron chi connectivity index (χ3n) is 5.02. The second-order valence-corrected chi connectivity index (χ2v) is 9.03. The molecule has 1 unspecified atom stereocenters. The average molecular weight is 500 g/mol. The van der Waals surface area contributed by atoms with Gasteiger partial charge in [0.25, 0.3) is 0 Å². The van der Waals surface area contributed by atoms with Crippen molar-refractivity contribution in [1.82, 2.24) is 34.6 Å². The van der Waals surface area contributed by atoms with Crippen LogP contribution in [0.1, 0.15) is 24.6 Å². The molecule has 176 valence electrons. The van der Waals surface area contributed by atoms with Gasteiger partial charge in [0.05, 0.1) is 11.8 Å². The molecule has 0 aliphatic rings. The van der Waals surface area contributed by atoms with Crippen LogP contribution in [-0.4, -0.2) is 48.7 Å². The molecule has 0 amide bonds. The maximum atomic E-state index is 13.2. The predicted molar refractivity (Wildman–Crippen MR) is 132 cm³/mol. The predicted octanol–water partition coefficient (Wildman–Crippen LogP) is 4.49. The topological polar surface area (TPSA) is 111 Å². The van der Waals surface area contributed by atoms with E-state index in [4.69, 9.17) is 17.3 Å². The van der Waals surface area contributed by atoms with Gasteiger partial charge in [0.2, 0.25) is 11.9 Å². The Bertz CT molecular complexity index is 1260. The monoisotopic (exact) mass is 499 g/mol. The molecular weight excluding hydrogens is 477 g/mol. The zero-order chi connectivity index (χ0) is 24.2. The molecule has 0 saturated heterocycles. The first-order valence-corrected chi connectivity index (χ1v) is 11.7. The molecule has 0 radical (unpaired) electrons. The Morgan fingerprint density at radius 2 is 1.76 bits per heavy atom. The van der Waals surface area contributed by atoms with E-state index in [9.17, 15) is 4.39 Å². The van der Waals surface area contributed by atoms with Gasteiger partial charge in [-0.2, -0.15) is 15.0 Å². The van der Waals surface area contributed by atoms with Crippen molar-refractivity contribution in [3.05, 3.63) is 71.0 Å². The zero-order valence-corrected chi connectivity index (χ0v) is 20.3. The van der Waals surface area contributed by atoms with E-state index in [1.807, 2.05) is 42.9 Å². The first-order valence-electron chi connectivity index (χ1n) is 10.3. The maximum Gasteiger partial charge on any atom is 0.232 e. The number of nitrogens with one attached hydrogen (secondary N) is 1. The molecule has 0 fully saturated rings. The number of rotatable bonds is 8. The van der Waals surface area contributed by atoms with Crippen molar-refractivity contribution in [3.63, 3.8) is 0 Å². The molecule has 4 aromatic rings. The van der Waals surface area contributed by atoms with Crippen LogP contribution in [0.25, 0.3) is 5.69 Å². The summed E-state index contributed by atoms with van der Waals surface area (Å²) in [7, 11) is 3.98. The summed E-state index contributed by atoms with van der Waals surface area (Å²) in [5, 5.41) is 13.2. The Kier molecular flexibility index (Phi) is 7.25. The van der Waals surface area contributed by atoms with E-state index in [0.717, 1.165) is 11.5 Å². The SMILES string of the molecule is CC(c1nnc(SCc2nc(N)nc(Nc3ccc(F)cc3)n2)n1-c1ccc(Cl)cc1)N(C)C. The number of nitrogens with two attached hydrogens (primary N) is 1. The molecule has 0 spiro atoms. The van der Waals surface area contributed by atoms with Gasteiger partial charge in [0, 0.05) is 16.4 Å². The van der Waals surface area contributed by atoms with Crippen molar-refractivity contribution in [2.45, 2.75) is 23.9 Å².